The highest BCUT2D eigenvalue weighted by Gasteiger charge is 2.24. The topological polar surface area (TPSA) is 69.7 Å². The molecule has 132 valence electrons. The van der Waals surface area contributed by atoms with Crippen molar-refractivity contribution < 1.29 is 22.7 Å². The van der Waals surface area contributed by atoms with E-state index in [1.165, 1.54) is 25.3 Å². The van der Waals surface area contributed by atoms with E-state index in [1.807, 2.05) is 6.07 Å². The minimum atomic E-state index is -3.83. The molecule has 2 aromatic carbocycles. The summed E-state index contributed by atoms with van der Waals surface area (Å²) in [4.78, 5) is 12.0. The monoisotopic (exact) mass is 360 g/mol. The minimum Gasteiger partial charge on any atom is -0.497 e. The molecule has 0 aliphatic heterocycles. The molecule has 25 heavy (non-hydrogen) atoms. The molecule has 0 N–H and O–H groups in total. The summed E-state index contributed by atoms with van der Waals surface area (Å²) in [6.45, 7) is 1.87. The zero-order chi connectivity index (χ0) is 18.3. The van der Waals surface area contributed by atoms with Crippen molar-refractivity contribution in [2.24, 2.45) is 0 Å². The van der Waals surface area contributed by atoms with Gasteiger partial charge in [-0.25, -0.2) is 8.42 Å². The number of hydrogen-bond donors (Lipinski definition) is 0. The highest BCUT2D eigenvalue weighted by atomic mass is 32.2. The lowest BCUT2D eigenvalue weighted by atomic mass is 10.2. The van der Waals surface area contributed by atoms with Crippen LogP contribution in [-0.2, 0) is 19.4 Å². The van der Waals surface area contributed by atoms with Gasteiger partial charge in [0.25, 0.3) is 0 Å². The lowest BCUT2D eigenvalue weighted by Crippen LogP contribution is -2.12. The first-order valence-electron chi connectivity index (χ1n) is 7.77. The van der Waals surface area contributed by atoms with Crippen LogP contribution in [0.3, 0.4) is 0 Å². The molecule has 0 heterocycles. The number of ether oxygens (including phenoxy) is 2. The van der Waals surface area contributed by atoms with E-state index in [0.29, 0.717) is 11.3 Å². The average Bonchev–Trinajstić information content (AvgIpc) is 2.62. The summed E-state index contributed by atoms with van der Waals surface area (Å²) in [6, 6.07) is 15.0. The van der Waals surface area contributed by atoms with Crippen LogP contribution < -0.4 is 4.74 Å². The van der Waals surface area contributed by atoms with Crippen molar-refractivity contribution in [1.82, 2.24) is 0 Å². The van der Waals surface area contributed by atoms with Crippen LogP contribution in [0.4, 0.5) is 0 Å². The Balaban J connectivity index is 2.45. The quantitative estimate of drug-likeness (QED) is 0.707. The Labute approximate surface area is 147 Å². The average molecular weight is 360 g/mol. The summed E-state index contributed by atoms with van der Waals surface area (Å²) >= 11 is 0. The zero-order valence-corrected chi connectivity index (χ0v) is 15.0. The predicted octanol–water partition coefficient (Wildman–Crippen LogP) is 3.46. The summed E-state index contributed by atoms with van der Waals surface area (Å²) < 4.78 is 35.9. The molecule has 0 aliphatic carbocycles. The van der Waals surface area contributed by atoms with Crippen LogP contribution in [0.1, 0.15) is 18.9 Å². The number of carbonyl (C=O) groups excluding carboxylic acids is 1. The van der Waals surface area contributed by atoms with Crippen molar-refractivity contribution in [3.05, 3.63) is 65.1 Å². The fourth-order valence-corrected chi connectivity index (χ4v) is 3.62. The van der Waals surface area contributed by atoms with E-state index in [4.69, 9.17) is 9.47 Å². The van der Waals surface area contributed by atoms with Gasteiger partial charge in [-0.3, -0.25) is 4.79 Å². The van der Waals surface area contributed by atoms with Crippen molar-refractivity contribution >= 4 is 21.9 Å². The van der Waals surface area contributed by atoms with Gasteiger partial charge in [0, 0.05) is 0 Å². The van der Waals surface area contributed by atoms with E-state index >= 15 is 0 Å². The lowest BCUT2D eigenvalue weighted by molar-refractivity contribution is -0.142. The van der Waals surface area contributed by atoms with Gasteiger partial charge in [-0.2, -0.15) is 0 Å². The van der Waals surface area contributed by atoms with Crippen molar-refractivity contribution in [2.45, 2.75) is 18.2 Å². The molecule has 2 rings (SSSR count). The molecule has 0 bridgehead atoms. The molecule has 0 unspecified atom stereocenters. The molecule has 0 saturated carbocycles. The predicted molar refractivity (Wildman–Crippen MR) is 95.8 cm³/mol. The standard InChI is InChI=1S/C19H20O5S/c1-3-24-19(20)14-18(13-15-7-5-4-6-8-15)25(21,22)17-11-9-16(23-2)10-12-17/h4-13H,3,14H2,1-2H3/b18-13+. The molecule has 6 heteroatoms. The molecule has 0 atom stereocenters. The van der Waals surface area contributed by atoms with E-state index in [2.05, 4.69) is 0 Å². The normalized spacial score (nSPS) is 11.8. The largest absolute Gasteiger partial charge is 0.497 e. The molecule has 0 aliphatic rings. The van der Waals surface area contributed by atoms with E-state index < -0.39 is 15.8 Å². The summed E-state index contributed by atoms with van der Waals surface area (Å²) in [5, 5.41) is 0. The lowest BCUT2D eigenvalue weighted by Gasteiger charge is -2.10. The molecule has 2 aromatic rings. The summed E-state index contributed by atoms with van der Waals surface area (Å²) in [5.74, 6) is -0.0281. The van der Waals surface area contributed by atoms with Crippen LogP contribution in [0.5, 0.6) is 5.75 Å². The second-order valence-corrected chi connectivity index (χ2v) is 7.18. The Morgan fingerprint density at radius 1 is 1.04 bits per heavy atom. The van der Waals surface area contributed by atoms with Gasteiger partial charge >= 0.3 is 5.97 Å². The summed E-state index contributed by atoms with van der Waals surface area (Å²) in [6.07, 6.45) is 1.17. The Bertz CT molecular complexity index is 837. The van der Waals surface area contributed by atoms with Gasteiger partial charge in [0.15, 0.2) is 0 Å². The van der Waals surface area contributed by atoms with Gasteiger partial charge in [-0.05, 0) is 42.8 Å². The second kappa shape index (κ2) is 8.48. The van der Waals surface area contributed by atoms with Crippen molar-refractivity contribution in [3.63, 3.8) is 0 Å². The van der Waals surface area contributed by atoms with E-state index in [-0.39, 0.29) is 22.8 Å². The van der Waals surface area contributed by atoms with E-state index in [9.17, 15) is 13.2 Å². The maximum Gasteiger partial charge on any atom is 0.310 e. The first-order valence-corrected chi connectivity index (χ1v) is 9.26. The van der Waals surface area contributed by atoms with Crippen LogP contribution in [0.25, 0.3) is 6.08 Å². The summed E-state index contributed by atoms with van der Waals surface area (Å²) in [5.41, 5.74) is 0.693. The van der Waals surface area contributed by atoms with Crippen molar-refractivity contribution in [1.29, 1.82) is 0 Å². The molecule has 0 radical (unpaired) electrons. The van der Waals surface area contributed by atoms with E-state index in [0.717, 1.165) is 0 Å². The number of hydrogen-bond acceptors (Lipinski definition) is 5. The summed E-state index contributed by atoms with van der Waals surface area (Å²) in [7, 11) is -2.33. The number of carbonyl (C=O) groups is 1. The first kappa shape index (κ1) is 18.7. The van der Waals surface area contributed by atoms with Gasteiger partial charge in [0.1, 0.15) is 5.75 Å². The number of rotatable bonds is 7. The Morgan fingerprint density at radius 3 is 2.24 bits per heavy atom. The smallest absolute Gasteiger partial charge is 0.310 e. The Morgan fingerprint density at radius 2 is 1.68 bits per heavy atom. The third-order valence-corrected chi connectivity index (χ3v) is 5.31. The third-order valence-electron chi connectivity index (χ3n) is 3.47. The second-order valence-electron chi connectivity index (χ2n) is 5.18. The van der Waals surface area contributed by atoms with Crippen LogP contribution in [0.15, 0.2) is 64.4 Å². The number of esters is 1. The molecule has 0 amide bonds. The first-order chi connectivity index (χ1) is 12.0. The van der Waals surface area contributed by atoms with Gasteiger partial charge < -0.3 is 9.47 Å². The fourth-order valence-electron chi connectivity index (χ4n) is 2.22. The van der Waals surface area contributed by atoms with Gasteiger partial charge in [-0.15, -0.1) is 0 Å². The van der Waals surface area contributed by atoms with Gasteiger partial charge in [0.2, 0.25) is 9.84 Å². The van der Waals surface area contributed by atoms with Crippen LogP contribution >= 0.6 is 0 Å². The number of benzene rings is 2. The highest BCUT2D eigenvalue weighted by Crippen LogP contribution is 2.26. The molecular formula is C19H20O5S. The highest BCUT2D eigenvalue weighted by molar-refractivity contribution is 7.95. The molecule has 5 nitrogen and oxygen atoms in total. The Kier molecular flexibility index (Phi) is 6.36. The maximum absolute atomic E-state index is 13.0. The third kappa shape index (κ3) is 4.93. The Hall–Kier alpha value is -2.60. The van der Waals surface area contributed by atoms with Crippen molar-refractivity contribution in [2.75, 3.05) is 13.7 Å². The molecule has 0 fully saturated rings. The van der Waals surface area contributed by atoms with E-state index in [1.54, 1.807) is 43.3 Å². The zero-order valence-electron chi connectivity index (χ0n) is 14.1. The molecule has 0 spiro atoms. The molecular weight excluding hydrogens is 340 g/mol. The van der Waals surface area contributed by atoms with Gasteiger partial charge in [-0.1, -0.05) is 30.3 Å². The van der Waals surface area contributed by atoms with Gasteiger partial charge in [0.05, 0.1) is 29.9 Å². The minimum absolute atomic E-state index is 0.0117. The molecule has 0 saturated heterocycles. The maximum atomic E-state index is 13.0. The van der Waals surface area contributed by atoms with Crippen molar-refractivity contribution in [3.8, 4) is 5.75 Å². The molecule has 0 aromatic heterocycles. The fraction of sp³-hybridized carbons (Fsp3) is 0.211. The SMILES string of the molecule is CCOC(=O)C/C(=C\c1ccccc1)S(=O)(=O)c1ccc(OC)cc1. The van der Waals surface area contributed by atoms with Crippen LogP contribution in [0, 0.1) is 0 Å². The van der Waals surface area contributed by atoms with Crippen LogP contribution in [0.2, 0.25) is 0 Å². The number of sulfone groups is 1. The number of methoxy groups -OCH3 is 1. The van der Waals surface area contributed by atoms with Crippen LogP contribution in [-0.4, -0.2) is 28.1 Å².